The lowest BCUT2D eigenvalue weighted by Crippen LogP contribution is -2.14. The average molecular weight is 379 g/mol. The SMILES string of the molecule is COc1ccc([C@H](CC(=O)C[C@@H](c2ccc(OC)cc2)C2CC2)C2CC2)cc1. The van der Waals surface area contributed by atoms with Crippen LogP contribution < -0.4 is 9.47 Å². The Morgan fingerprint density at radius 1 is 0.750 bits per heavy atom. The number of methoxy groups -OCH3 is 2. The summed E-state index contributed by atoms with van der Waals surface area (Å²) >= 11 is 0. The van der Waals surface area contributed by atoms with Crippen molar-refractivity contribution >= 4 is 5.78 Å². The second-order valence-electron chi connectivity index (χ2n) is 8.38. The molecule has 2 atom stereocenters. The van der Waals surface area contributed by atoms with Gasteiger partial charge in [-0.05, 0) is 84.7 Å². The molecule has 4 rings (SSSR count). The van der Waals surface area contributed by atoms with E-state index in [9.17, 15) is 4.79 Å². The van der Waals surface area contributed by atoms with Gasteiger partial charge in [0.2, 0.25) is 0 Å². The second-order valence-corrected chi connectivity index (χ2v) is 8.38. The lowest BCUT2D eigenvalue weighted by Gasteiger charge is -2.20. The third-order valence-electron chi connectivity index (χ3n) is 6.37. The van der Waals surface area contributed by atoms with Crippen molar-refractivity contribution in [1.29, 1.82) is 0 Å². The van der Waals surface area contributed by atoms with E-state index in [2.05, 4.69) is 24.3 Å². The first-order chi connectivity index (χ1) is 13.7. The molecular formula is C25H30O3. The van der Waals surface area contributed by atoms with Crippen molar-refractivity contribution in [3.05, 3.63) is 59.7 Å². The molecule has 2 aliphatic carbocycles. The molecule has 2 aromatic rings. The molecule has 3 nitrogen and oxygen atoms in total. The number of carbonyl (C=O) groups excluding carboxylic acids is 1. The quantitative estimate of drug-likeness (QED) is 0.529. The van der Waals surface area contributed by atoms with Crippen LogP contribution in [-0.4, -0.2) is 20.0 Å². The van der Waals surface area contributed by atoms with E-state index in [0.717, 1.165) is 11.5 Å². The Balaban J connectivity index is 1.44. The van der Waals surface area contributed by atoms with Gasteiger partial charge in [-0.15, -0.1) is 0 Å². The number of ether oxygens (including phenoxy) is 2. The summed E-state index contributed by atoms with van der Waals surface area (Å²) in [6.45, 7) is 0. The van der Waals surface area contributed by atoms with Crippen LogP contribution in [0.1, 0.15) is 61.5 Å². The van der Waals surface area contributed by atoms with Crippen LogP contribution in [0.5, 0.6) is 11.5 Å². The minimum atomic E-state index is 0.356. The first-order valence-corrected chi connectivity index (χ1v) is 10.5. The predicted octanol–water partition coefficient (Wildman–Crippen LogP) is 5.74. The molecule has 0 radical (unpaired) electrons. The van der Waals surface area contributed by atoms with Gasteiger partial charge in [0, 0.05) is 12.8 Å². The molecule has 2 aromatic carbocycles. The van der Waals surface area contributed by atoms with Crippen molar-refractivity contribution < 1.29 is 14.3 Å². The molecule has 0 N–H and O–H groups in total. The van der Waals surface area contributed by atoms with Gasteiger partial charge >= 0.3 is 0 Å². The van der Waals surface area contributed by atoms with Gasteiger partial charge in [0.15, 0.2) is 0 Å². The maximum absolute atomic E-state index is 13.1. The van der Waals surface area contributed by atoms with Crippen molar-refractivity contribution in [3.8, 4) is 11.5 Å². The van der Waals surface area contributed by atoms with Crippen LogP contribution in [0.2, 0.25) is 0 Å². The summed E-state index contributed by atoms with van der Waals surface area (Å²) in [5.74, 6) is 4.19. The molecule has 0 spiro atoms. The van der Waals surface area contributed by atoms with Crippen molar-refractivity contribution in [2.75, 3.05) is 14.2 Å². The zero-order valence-electron chi connectivity index (χ0n) is 16.9. The predicted molar refractivity (Wildman–Crippen MR) is 111 cm³/mol. The van der Waals surface area contributed by atoms with E-state index in [0.29, 0.717) is 42.3 Å². The third kappa shape index (κ3) is 4.57. The summed E-state index contributed by atoms with van der Waals surface area (Å²) in [5, 5.41) is 0. The minimum absolute atomic E-state index is 0.356. The highest BCUT2D eigenvalue weighted by Crippen LogP contribution is 2.48. The van der Waals surface area contributed by atoms with Crippen molar-refractivity contribution in [2.24, 2.45) is 11.8 Å². The summed E-state index contributed by atoms with van der Waals surface area (Å²) < 4.78 is 10.6. The number of hydrogen-bond acceptors (Lipinski definition) is 3. The zero-order valence-corrected chi connectivity index (χ0v) is 16.9. The van der Waals surface area contributed by atoms with Gasteiger partial charge in [-0.1, -0.05) is 24.3 Å². The summed E-state index contributed by atoms with van der Waals surface area (Å²) in [4.78, 5) is 13.1. The highest BCUT2D eigenvalue weighted by atomic mass is 16.5. The average Bonchev–Trinajstić information content (AvgIpc) is 3.64. The second kappa shape index (κ2) is 8.38. The molecule has 0 bridgehead atoms. The third-order valence-corrected chi connectivity index (χ3v) is 6.37. The summed E-state index contributed by atoms with van der Waals surface area (Å²) in [5.41, 5.74) is 2.56. The van der Waals surface area contributed by atoms with E-state index in [1.54, 1.807) is 14.2 Å². The molecular weight excluding hydrogens is 348 g/mol. The fourth-order valence-corrected chi connectivity index (χ4v) is 4.39. The fourth-order valence-electron chi connectivity index (χ4n) is 4.39. The maximum atomic E-state index is 13.1. The molecule has 3 heteroatoms. The highest BCUT2D eigenvalue weighted by Gasteiger charge is 2.37. The van der Waals surface area contributed by atoms with Crippen LogP contribution in [0.25, 0.3) is 0 Å². The number of hydrogen-bond donors (Lipinski definition) is 0. The van der Waals surface area contributed by atoms with Gasteiger partial charge < -0.3 is 9.47 Å². The number of benzene rings is 2. The topological polar surface area (TPSA) is 35.5 Å². The van der Waals surface area contributed by atoms with Crippen LogP contribution >= 0.6 is 0 Å². The smallest absolute Gasteiger partial charge is 0.134 e. The lowest BCUT2D eigenvalue weighted by atomic mass is 9.84. The van der Waals surface area contributed by atoms with Gasteiger partial charge in [-0.25, -0.2) is 0 Å². The minimum Gasteiger partial charge on any atom is -0.497 e. The van der Waals surface area contributed by atoms with Gasteiger partial charge in [0.1, 0.15) is 17.3 Å². The standard InChI is InChI=1S/C25H30O3/c1-27-22-11-7-19(8-12-22)24(17-3-4-17)15-21(26)16-25(18-5-6-18)20-9-13-23(28-2)14-10-20/h7-14,17-18,24-25H,3-6,15-16H2,1-2H3/t24-,25-/m1/s1. The number of rotatable bonds is 10. The van der Waals surface area contributed by atoms with Crippen molar-refractivity contribution in [1.82, 2.24) is 0 Å². The van der Waals surface area contributed by atoms with E-state index < -0.39 is 0 Å². The Morgan fingerprint density at radius 3 is 1.39 bits per heavy atom. The van der Waals surface area contributed by atoms with E-state index in [4.69, 9.17) is 9.47 Å². The van der Waals surface area contributed by atoms with E-state index in [-0.39, 0.29) is 0 Å². The molecule has 0 heterocycles. The van der Waals surface area contributed by atoms with Crippen LogP contribution in [-0.2, 0) is 4.79 Å². The van der Waals surface area contributed by atoms with Crippen LogP contribution in [0, 0.1) is 11.8 Å². The monoisotopic (exact) mass is 378 g/mol. The molecule has 0 unspecified atom stereocenters. The Morgan fingerprint density at radius 2 is 1.11 bits per heavy atom. The number of ketones is 1. The molecule has 148 valence electrons. The van der Waals surface area contributed by atoms with Gasteiger partial charge in [-0.3, -0.25) is 4.79 Å². The van der Waals surface area contributed by atoms with Crippen molar-refractivity contribution in [2.45, 2.75) is 50.4 Å². The molecule has 28 heavy (non-hydrogen) atoms. The van der Waals surface area contributed by atoms with Crippen LogP contribution in [0.4, 0.5) is 0 Å². The zero-order chi connectivity index (χ0) is 19.5. The summed E-state index contributed by atoms with van der Waals surface area (Å²) in [6, 6.07) is 16.6. The number of carbonyl (C=O) groups is 1. The van der Waals surface area contributed by atoms with E-state index >= 15 is 0 Å². The lowest BCUT2D eigenvalue weighted by molar-refractivity contribution is -0.120. The molecule has 2 aliphatic rings. The molecule has 0 aliphatic heterocycles. The summed E-state index contributed by atoms with van der Waals surface area (Å²) in [7, 11) is 3.38. The Kier molecular flexibility index (Phi) is 5.70. The summed E-state index contributed by atoms with van der Waals surface area (Å²) in [6.07, 6.45) is 6.30. The molecule has 2 saturated carbocycles. The molecule has 0 aromatic heterocycles. The van der Waals surface area contributed by atoms with Crippen molar-refractivity contribution in [3.63, 3.8) is 0 Å². The van der Waals surface area contributed by atoms with Crippen LogP contribution in [0.15, 0.2) is 48.5 Å². The fraction of sp³-hybridized carbons (Fsp3) is 0.480. The van der Waals surface area contributed by atoms with Gasteiger partial charge in [-0.2, -0.15) is 0 Å². The van der Waals surface area contributed by atoms with E-state index in [1.807, 2.05) is 24.3 Å². The van der Waals surface area contributed by atoms with Gasteiger partial charge in [0.05, 0.1) is 14.2 Å². The van der Waals surface area contributed by atoms with Gasteiger partial charge in [0.25, 0.3) is 0 Å². The highest BCUT2D eigenvalue weighted by molar-refractivity contribution is 5.80. The Labute approximate surface area is 168 Å². The molecule has 0 saturated heterocycles. The van der Waals surface area contributed by atoms with E-state index in [1.165, 1.54) is 36.8 Å². The maximum Gasteiger partial charge on any atom is 0.134 e. The largest absolute Gasteiger partial charge is 0.497 e. The van der Waals surface area contributed by atoms with Crippen LogP contribution in [0.3, 0.4) is 0 Å². The molecule has 0 amide bonds. The first-order valence-electron chi connectivity index (χ1n) is 10.5. The molecule has 2 fully saturated rings. The Bertz CT molecular complexity index is 718. The number of Topliss-reactive ketones (excluding diaryl/α,β-unsaturated/α-hetero) is 1. The normalized spacial score (nSPS) is 18.4. The first kappa shape index (κ1) is 19.0. The Hall–Kier alpha value is -2.29.